The van der Waals surface area contributed by atoms with Gasteiger partial charge in [-0.25, -0.2) is 0 Å². The molecule has 0 radical (unpaired) electrons. The maximum absolute atomic E-state index is 12.1. The summed E-state index contributed by atoms with van der Waals surface area (Å²) in [6, 6.07) is 2.32. The van der Waals surface area contributed by atoms with Crippen LogP contribution < -0.4 is 0 Å². The molecule has 3 rings (SSSR count). The van der Waals surface area contributed by atoms with Crippen molar-refractivity contribution in [2.45, 2.75) is 32.1 Å². The van der Waals surface area contributed by atoms with Gasteiger partial charge >= 0.3 is 5.97 Å². The lowest BCUT2D eigenvalue weighted by molar-refractivity contribution is -0.152. The summed E-state index contributed by atoms with van der Waals surface area (Å²) in [5.41, 5.74) is 0.365. The zero-order valence-corrected chi connectivity index (χ0v) is 10.8. The van der Waals surface area contributed by atoms with Gasteiger partial charge in [-0.2, -0.15) is 5.26 Å². The summed E-state index contributed by atoms with van der Waals surface area (Å²) in [5, 5.41) is 9.59. The molecule has 0 aromatic carbocycles. The molecule has 0 aromatic heterocycles. The monoisotopic (exact) mass is 245 g/mol. The molecule has 3 fully saturated rings. The molecule has 5 atom stereocenters. The van der Waals surface area contributed by atoms with Crippen LogP contribution in [-0.4, -0.2) is 13.1 Å². The zero-order chi connectivity index (χ0) is 12.9. The van der Waals surface area contributed by atoms with E-state index in [4.69, 9.17) is 4.74 Å². The summed E-state index contributed by atoms with van der Waals surface area (Å²) in [5.74, 6) is 1.41. The number of allylic oxidation sites excluding steroid dienone is 1. The highest BCUT2D eigenvalue weighted by atomic mass is 16.5. The topological polar surface area (TPSA) is 50.1 Å². The molecule has 1 unspecified atom stereocenters. The standard InChI is InChI=1S/C15H19NO2/c1-9-3-4-10-7-11-5-6-15(8-16,14(17)18-2)13(11)12(9)10/h10-13H,1,3-7H2,2H3/t10-,11-,12-,13-,15?/m1/s1. The van der Waals surface area contributed by atoms with E-state index in [2.05, 4.69) is 12.6 Å². The Morgan fingerprint density at radius 2 is 2.28 bits per heavy atom. The smallest absolute Gasteiger partial charge is 0.326 e. The van der Waals surface area contributed by atoms with E-state index >= 15 is 0 Å². The third-order valence-electron chi connectivity index (χ3n) is 5.54. The number of carbonyl (C=O) groups excluding carboxylic acids is 1. The molecule has 0 heterocycles. The minimum absolute atomic E-state index is 0.162. The number of nitriles is 1. The Morgan fingerprint density at radius 3 is 2.94 bits per heavy atom. The summed E-state index contributed by atoms with van der Waals surface area (Å²) in [7, 11) is 1.39. The highest BCUT2D eigenvalue weighted by Crippen LogP contribution is 2.64. The molecule has 0 aromatic rings. The third-order valence-corrected chi connectivity index (χ3v) is 5.54. The first-order valence-electron chi connectivity index (χ1n) is 6.81. The summed E-state index contributed by atoms with van der Waals surface area (Å²) in [6.45, 7) is 4.18. The lowest BCUT2D eigenvalue weighted by atomic mass is 9.71. The van der Waals surface area contributed by atoms with Gasteiger partial charge in [0.15, 0.2) is 5.41 Å². The Balaban J connectivity index is 2.01. The Hall–Kier alpha value is -1.30. The maximum atomic E-state index is 12.1. The van der Waals surface area contributed by atoms with Crippen LogP contribution in [0.3, 0.4) is 0 Å². The molecule has 0 saturated heterocycles. The minimum atomic E-state index is -0.897. The lowest BCUT2D eigenvalue weighted by Crippen LogP contribution is -2.38. The van der Waals surface area contributed by atoms with Crippen LogP contribution in [0.1, 0.15) is 32.1 Å². The van der Waals surface area contributed by atoms with Gasteiger partial charge in [-0.3, -0.25) is 4.79 Å². The Labute approximate surface area is 108 Å². The minimum Gasteiger partial charge on any atom is -0.468 e. The van der Waals surface area contributed by atoms with Crippen LogP contribution in [0, 0.1) is 40.4 Å². The van der Waals surface area contributed by atoms with Gasteiger partial charge in [-0.05, 0) is 55.8 Å². The van der Waals surface area contributed by atoms with Gasteiger partial charge in [0.1, 0.15) is 0 Å². The van der Waals surface area contributed by atoms with E-state index in [1.807, 2.05) is 0 Å². The maximum Gasteiger partial charge on any atom is 0.326 e. The van der Waals surface area contributed by atoms with E-state index in [0.29, 0.717) is 24.2 Å². The number of fused-ring (bicyclic) bond motifs is 3. The van der Waals surface area contributed by atoms with Crippen molar-refractivity contribution in [2.24, 2.45) is 29.1 Å². The van der Waals surface area contributed by atoms with Crippen molar-refractivity contribution >= 4 is 5.97 Å². The molecule has 0 bridgehead atoms. The van der Waals surface area contributed by atoms with Gasteiger partial charge < -0.3 is 4.74 Å². The van der Waals surface area contributed by atoms with E-state index < -0.39 is 5.41 Å². The largest absolute Gasteiger partial charge is 0.468 e. The Kier molecular flexibility index (Phi) is 2.52. The summed E-state index contributed by atoms with van der Waals surface area (Å²) in [6.07, 6.45) is 5.10. The first kappa shape index (κ1) is 11.8. The number of carbonyl (C=O) groups is 1. The highest BCUT2D eigenvalue weighted by molar-refractivity contribution is 5.81. The first-order chi connectivity index (χ1) is 8.64. The number of methoxy groups -OCH3 is 1. The molecular weight excluding hydrogens is 226 g/mol. The molecule has 0 amide bonds. The summed E-state index contributed by atoms with van der Waals surface area (Å²) >= 11 is 0. The molecule has 0 N–H and O–H groups in total. The number of hydrogen-bond donors (Lipinski definition) is 0. The fourth-order valence-electron chi connectivity index (χ4n) is 4.87. The second kappa shape index (κ2) is 3.85. The lowest BCUT2D eigenvalue weighted by Gasteiger charge is -2.30. The second-order valence-electron chi connectivity index (χ2n) is 6.12. The van der Waals surface area contributed by atoms with Gasteiger partial charge in [-0.15, -0.1) is 0 Å². The fourth-order valence-corrected chi connectivity index (χ4v) is 4.87. The van der Waals surface area contributed by atoms with Gasteiger partial charge in [0.2, 0.25) is 0 Å². The quantitative estimate of drug-likeness (QED) is 0.527. The molecule has 3 nitrogen and oxygen atoms in total. The van der Waals surface area contributed by atoms with Gasteiger partial charge in [0.25, 0.3) is 0 Å². The van der Waals surface area contributed by atoms with Crippen LogP contribution in [0.4, 0.5) is 0 Å². The van der Waals surface area contributed by atoms with E-state index in [1.54, 1.807) is 0 Å². The van der Waals surface area contributed by atoms with E-state index in [9.17, 15) is 10.1 Å². The van der Waals surface area contributed by atoms with Gasteiger partial charge in [0, 0.05) is 0 Å². The van der Waals surface area contributed by atoms with Crippen molar-refractivity contribution in [1.29, 1.82) is 5.26 Å². The normalized spacial score (nSPS) is 45.4. The van der Waals surface area contributed by atoms with Crippen molar-refractivity contribution in [3.05, 3.63) is 12.2 Å². The van der Waals surface area contributed by atoms with Gasteiger partial charge in [0.05, 0.1) is 13.2 Å². The first-order valence-corrected chi connectivity index (χ1v) is 6.81. The van der Waals surface area contributed by atoms with E-state index in [0.717, 1.165) is 12.8 Å². The van der Waals surface area contributed by atoms with Crippen molar-refractivity contribution in [3.8, 4) is 6.07 Å². The predicted molar refractivity (Wildman–Crippen MR) is 66.2 cm³/mol. The Bertz CT molecular complexity index is 450. The van der Waals surface area contributed by atoms with Crippen LogP contribution in [0.5, 0.6) is 0 Å². The summed E-state index contributed by atoms with van der Waals surface area (Å²) < 4.78 is 4.93. The molecule has 96 valence electrons. The molecule has 3 saturated carbocycles. The number of esters is 1. The molecule has 0 spiro atoms. The predicted octanol–water partition coefficient (Wildman–Crippen LogP) is 2.68. The number of rotatable bonds is 1. The average Bonchev–Trinajstić information content (AvgIpc) is 3.00. The van der Waals surface area contributed by atoms with E-state index in [-0.39, 0.29) is 11.9 Å². The SMILES string of the molecule is C=C1CC[C@@H]2C[C@H]3CCC(C#N)(C(=O)OC)[C@H]3[C@H]12. The number of hydrogen-bond acceptors (Lipinski definition) is 3. The fraction of sp³-hybridized carbons (Fsp3) is 0.733. The number of ether oxygens (including phenoxy) is 1. The van der Waals surface area contributed by atoms with Crippen molar-refractivity contribution in [1.82, 2.24) is 0 Å². The molecule has 3 heteroatoms. The van der Waals surface area contributed by atoms with Crippen LogP contribution >= 0.6 is 0 Å². The second-order valence-corrected chi connectivity index (χ2v) is 6.12. The average molecular weight is 245 g/mol. The zero-order valence-electron chi connectivity index (χ0n) is 10.8. The summed E-state index contributed by atoms with van der Waals surface area (Å²) in [4.78, 5) is 12.1. The van der Waals surface area contributed by atoms with Crippen LogP contribution in [0.2, 0.25) is 0 Å². The molecule has 3 aliphatic rings. The third kappa shape index (κ3) is 1.27. The van der Waals surface area contributed by atoms with Crippen molar-refractivity contribution in [2.75, 3.05) is 7.11 Å². The Morgan fingerprint density at radius 1 is 1.50 bits per heavy atom. The molecule has 18 heavy (non-hydrogen) atoms. The number of nitrogens with zero attached hydrogens (tertiary/aromatic N) is 1. The molecule has 3 aliphatic carbocycles. The van der Waals surface area contributed by atoms with E-state index in [1.165, 1.54) is 25.5 Å². The highest BCUT2D eigenvalue weighted by Gasteiger charge is 2.63. The van der Waals surface area contributed by atoms with Gasteiger partial charge in [-0.1, -0.05) is 12.2 Å². The van der Waals surface area contributed by atoms with Crippen molar-refractivity contribution in [3.63, 3.8) is 0 Å². The van der Waals surface area contributed by atoms with Crippen LogP contribution in [-0.2, 0) is 9.53 Å². The van der Waals surface area contributed by atoms with Crippen LogP contribution in [0.25, 0.3) is 0 Å². The van der Waals surface area contributed by atoms with Crippen molar-refractivity contribution < 1.29 is 9.53 Å². The molecule has 0 aliphatic heterocycles. The van der Waals surface area contributed by atoms with Crippen LogP contribution in [0.15, 0.2) is 12.2 Å². The molecular formula is C15H19NO2.